The van der Waals surface area contributed by atoms with E-state index >= 15 is 0 Å². The van der Waals surface area contributed by atoms with Crippen LogP contribution in [0.15, 0.2) is 29.1 Å². The lowest BCUT2D eigenvalue weighted by atomic mass is 10.0. The molecule has 1 unspecified atom stereocenters. The number of fused-ring (bicyclic) bond motifs is 1. The van der Waals surface area contributed by atoms with Gasteiger partial charge in [0.2, 0.25) is 0 Å². The summed E-state index contributed by atoms with van der Waals surface area (Å²) in [5.41, 5.74) is 11.3. The molecular formula is C19H22N4O. The quantitative estimate of drug-likeness (QED) is 0.787. The molecule has 3 rings (SSSR count). The molecule has 1 aromatic carbocycles. The zero-order valence-electron chi connectivity index (χ0n) is 14.7. The molecule has 0 aliphatic carbocycles. The zero-order valence-corrected chi connectivity index (χ0v) is 14.7. The minimum atomic E-state index is -0.197. The lowest BCUT2D eigenvalue weighted by Crippen LogP contribution is -2.22. The van der Waals surface area contributed by atoms with Crippen LogP contribution in [0.2, 0.25) is 0 Å². The Labute approximate surface area is 141 Å². The molecule has 24 heavy (non-hydrogen) atoms. The van der Waals surface area contributed by atoms with Crippen molar-refractivity contribution < 1.29 is 0 Å². The Balaban J connectivity index is 2.43. The smallest absolute Gasteiger partial charge is 0.261 e. The second-order valence-electron chi connectivity index (χ2n) is 6.42. The van der Waals surface area contributed by atoms with Crippen molar-refractivity contribution >= 4 is 10.9 Å². The van der Waals surface area contributed by atoms with Crippen LogP contribution >= 0.6 is 0 Å². The van der Waals surface area contributed by atoms with E-state index in [9.17, 15) is 4.79 Å². The van der Waals surface area contributed by atoms with Crippen molar-refractivity contribution in [3.05, 3.63) is 57.1 Å². The van der Waals surface area contributed by atoms with E-state index in [1.807, 2.05) is 52.0 Å². The van der Waals surface area contributed by atoms with Crippen molar-refractivity contribution in [2.24, 2.45) is 12.8 Å². The van der Waals surface area contributed by atoms with Crippen LogP contribution in [-0.4, -0.2) is 14.5 Å². The molecule has 0 fully saturated rings. The van der Waals surface area contributed by atoms with E-state index in [1.54, 1.807) is 11.6 Å². The van der Waals surface area contributed by atoms with E-state index in [2.05, 4.69) is 4.98 Å². The van der Waals surface area contributed by atoms with Crippen molar-refractivity contribution in [2.45, 2.75) is 33.7 Å². The normalized spacial score (nSPS) is 12.6. The molecule has 3 aromatic rings. The highest BCUT2D eigenvalue weighted by molar-refractivity contribution is 5.84. The van der Waals surface area contributed by atoms with Crippen LogP contribution in [0, 0.1) is 20.8 Å². The molecule has 0 aliphatic rings. The van der Waals surface area contributed by atoms with Crippen molar-refractivity contribution in [3.63, 3.8) is 0 Å². The summed E-state index contributed by atoms with van der Waals surface area (Å²) in [6, 6.07) is 7.58. The minimum absolute atomic E-state index is 0.0689. The first-order valence-electron chi connectivity index (χ1n) is 8.01. The Kier molecular flexibility index (Phi) is 3.97. The molecule has 0 spiro atoms. The topological polar surface area (TPSA) is 73.8 Å². The van der Waals surface area contributed by atoms with Gasteiger partial charge < -0.3 is 5.73 Å². The molecule has 5 heteroatoms. The Hall–Kier alpha value is -2.53. The van der Waals surface area contributed by atoms with Crippen LogP contribution in [0.1, 0.15) is 35.5 Å². The summed E-state index contributed by atoms with van der Waals surface area (Å²) in [7, 11) is 1.75. The van der Waals surface area contributed by atoms with Crippen LogP contribution in [0.25, 0.3) is 22.3 Å². The van der Waals surface area contributed by atoms with Gasteiger partial charge in [0, 0.05) is 30.0 Å². The van der Waals surface area contributed by atoms with Crippen molar-refractivity contribution in [3.8, 4) is 11.4 Å². The first-order chi connectivity index (χ1) is 11.3. The summed E-state index contributed by atoms with van der Waals surface area (Å²) < 4.78 is 1.59. The Bertz CT molecular complexity index is 1000. The number of aromatic nitrogens is 3. The van der Waals surface area contributed by atoms with Gasteiger partial charge in [-0.25, -0.2) is 4.98 Å². The lowest BCUT2D eigenvalue weighted by molar-refractivity contribution is 0.813. The molecule has 5 nitrogen and oxygen atoms in total. The van der Waals surface area contributed by atoms with Gasteiger partial charge in [0.25, 0.3) is 5.56 Å². The maximum absolute atomic E-state index is 12.9. The van der Waals surface area contributed by atoms with Gasteiger partial charge in [-0.1, -0.05) is 6.07 Å². The number of aryl methyl sites for hydroxylation is 3. The molecule has 0 amide bonds. The predicted molar refractivity (Wildman–Crippen MR) is 97.0 cm³/mol. The average molecular weight is 322 g/mol. The molecule has 2 aromatic heterocycles. The monoisotopic (exact) mass is 322 g/mol. The molecule has 1 atom stereocenters. The maximum atomic E-state index is 12.9. The maximum Gasteiger partial charge on any atom is 0.261 e. The van der Waals surface area contributed by atoms with E-state index < -0.39 is 0 Å². The second kappa shape index (κ2) is 5.83. The lowest BCUT2D eigenvalue weighted by Gasteiger charge is -2.15. The summed E-state index contributed by atoms with van der Waals surface area (Å²) in [6.45, 7) is 7.75. The predicted octanol–water partition coefficient (Wildman–Crippen LogP) is 2.94. The Morgan fingerprint density at radius 1 is 1.12 bits per heavy atom. The fourth-order valence-electron chi connectivity index (χ4n) is 3.06. The number of pyridine rings is 1. The van der Waals surface area contributed by atoms with Crippen LogP contribution in [-0.2, 0) is 7.05 Å². The molecule has 0 aliphatic heterocycles. The molecule has 2 heterocycles. The number of nitrogens with zero attached hydrogens (tertiary/aromatic N) is 3. The van der Waals surface area contributed by atoms with Gasteiger partial charge in [-0.05, 0) is 57.0 Å². The van der Waals surface area contributed by atoms with E-state index in [-0.39, 0.29) is 11.6 Å². The van der Waals surface area contributed by atoms with E-state index in [4.69, 9.17) is 10.7 Å². The van der Waals surface area contributed by atoms with Gasteiger partial charge in [-0.2, -0.15) is 0 Å². The molecule has 0 saturated carbocycles. The van der Waals surface area contributed by atoms with Crippen LogP contribution in [0.4, 0.5) is 0 Å². The van der Waals surface area contributed by atoms with Gasteiger partial charge in [0.1, 0.15) is 5.82 Å². The summed E-state index contributed by atoms with van der Waals surface area (Å²) in [4.78, 5) is 22.2. The van der Waals surface area contributed by atoms with Gasteiger partial charge in [-0.3, -0.25) is 14.3 Å². The molecule has 0 radical (unpaired) electrons. The first kappa shape index (κ1) is 16.3. The number of hydrogen-bond acceptors (Lipinski definition) is 4. The first-order valence-corrected chi connectivity index (χ1v) is 8.01. The average Bonchev–Trinajstić information content (AvgIpc) is 2.51. The third kappa shape index (κ3) is 2.61. The van der Waals surface area contributed by atoms with Gasteiger partial charge in [0.05, 0.1) is 10.9 Å². The van der Waals surface area contributed by atoms with Crippen LogP contribution in [0.3, 0.4) is 0 Å². The minimum Gasteiger partial charge on any atom is -0.324 e. The van der Waals surface area contributed by atoms with E-state index in [0.29, 0.717) is 16.7 Å². The third-order valence-electron chi connectivity index (χ3n) is 4.31. The molecule has 0 bridgehead atoms. The standard InChI is InChI=1S/C19H22N4O/c1-10-8-15(12(3)20)17-16(9-10)19(24)23(5)18(22-17)14-7-6-11(2)21-13(14)4/h6-9,12H,20H2,1-5H3. The summed E-state index contributed by atoms with van der Waals surface area (Å²) in [6.07, 6.45) is 0. The van der Waals surface area contributed by atoms with Gasteiger partial charge >= 0.3 is 0 Å². The van der Waals surface area contributed by atoms with E-state index in [0.717, 1.165) is 28.1 Å². The van der Waals surface area contributed by atoms with Crippen LogP contribution in [0.5, 0.6) is 0 Å². The second-order valence-corrected chi connectivity index (χ2v) is 6.42. The summed E-state index contributed by atoms with van der Waals surface area (Å²) >= 11 is 0. The molecule has 124 valence electrons. The largest absolute Gasteiger partial charge is 0.324 e. The fraction of sp³-hybridized carbons (Fsp3) is 0.316. The molecule has 2 N–H and O–H groups in total. The van der Waals surface area contributed by atoms with Crippen LogP contribution < -0.4 is 11.3 Å². The highest BCUT2D eigenvalue weighted by Crippen LogP contribution is 2.26. The SMILES string of the molecule is Cc1cc(C(C)N)c2nc(-c3ccc(C)nc3C)n(C)c(=O)c2c1. The van der Waals surface area contributed by atoms with E-state index in [1.165, 1.54) is 0 Å². The Morgan fingerprint density at radius 3 is 2.46 bits per heavy atom. The number of rotatable bonds is 2. The van der Waals surface area contributed by atoms with Crippen molar-refractivity contribution in [1.82, 2.24) is 14.5 Å². The Morgan fingerprint density at radius 2 is 1.83 bits per heavy atom. The number of nitrogens with two attached hydrogens (primary N) is 1. The fourth-order valence-corrected chi connectivity index (χ4v) is 3.06. The zero-order chi connectivity index (χ0) is 17.6. The van der Waals surface area contributed by atoms with Crippen molar-refractivity contribution in [2.75, 3.05) is 0 Å². The summed E-state index contributed by atoms with van der Waals surface area (Å²) in [5.74, 6) is 0.614. The van der Waals surface area contributed by atoms with Gasteiger partial charge in [-0.15, -0.1) is 0 Å². The number of benzene rings is 1. The summed E-state index contributed by atoms with van der Waals surface area (Å²) in [5, 5.41) is 0.603. The molecule has 0 saturated heterocycles. The van der Waals surface area contributed by atoms with Crippen molar-refractivity contribution in [1.29, 1.82) is 0 Å². The highest BCUT2D eigenvalue weighted by atomic mass is 16.1. The highest BCUT2D eigenvalue weighted by Gasteiger charge is 2.16. The third-order valence-corrected chi connectivity index (χ3v) is 4.31. The van der Waals surface area contributed by atoms with Gasteiger partial charge in [0.15, 0.2) is 0 Å². The number of hydrogen-bond donors (Lipinski definition) is 1. The molecular weight excluding hydrogens is 300 g/mol.